The van der Waals surface area contributed by atoms with Crippen LogP contribution in [0.2, 0.25) is 5.02 Å². The van der Waals surface area contributed by atoms with E-state index in [2.05, 4.69) is 21.2 Å². The van der Waals surface area contributed by atoms with Crippen LogP contribution in [0.1, 0.15) is 16.7 Å². The summed E-state index contributed by atoms with van der Waals surface area (Å²) in [5.41, 5.74) is 2.59. The summed E-state index contributed by atoms with van der Waals surface area (Å²) in [5.74, 6) is 0.218. The molecule has 6 heteroatoms. The van der Waals surface area contributed by atoms with Crippen LogP contribution in [0.3, 0.4) is 0 Å². The molecule has 0 heterocycles. The maximum Gasteiger partial charge on any atom is 0.262 e. The van der Waals surface area contributed by atoms with Crippen LogP contribution in [0.25, 0.3) is 6.08 Å². The van der Waals surface area contributed by atoms with E-state index in [1.165, 1.54) is 0 Å². The van der Waals surface area contributed by atoms with Crippen molar-refractivity contribution < 1.29 is 9.53 Å². The monoisotopic (exact) mass is 480 g/mol. The van der Waals surface area contributed by atoms with Crippen molar-refractivity contribution in [1.29, 1.82) is 5.26 Å². The van der Waals surface area contributed by atoms with Gasteiger partial charge in [0, 0.05) is 17.1 Å². The number of benzene rings is 3. The van der Waals surface area contributed by atoms with Crippen LogP contribution < -0.4 is 10.1 Å². The molecular weight excluding hydrogens is 464 g/mol. The van der Waals surface area contributed by atoms with Gasteiger partial charge in [-0.05, 0) is 51.3 Å². The first-order chi connectivity index (χ1) is 14.6. The molecule has 3 rings (SSSR count). The van der Waals surface area contributed by atoms with Crippen LogP contribution in [0.5, 0.6) is 5.75 Å². The molecule has 0 radical (unpaired) electrons. The van der Waals surface area contributed by atoms with E-state index in [0.717, 1.165) is 11.1 Å². The summed E-state index contributed by atoms with van der Waals surface area (Å²) in [7, 11) is 0. The SMILES string of the molecule is N#C/C(=C/c1ccc(OCc2ccccc2Cl)c(Br)c1)C(=O)NCc1ccccc1. The number of amides is 1. The smallest absolute Gasteiger partial charge is 0.262 e. The topological polar surface area (TPSA) is 62.1 Å². The van der Waals surface area contributed by atoms with Crippen LogP contribution in [0.4, 0.5) is 0 Å². The number of nitrogens with one attached hydrogen (secondary N) is 1. The molecule has 4 nitrogen and oxygen atoms in total. The summed E-state index contributed by atoms with van der Waals surface area (Å²) in [6.45, 7) is 0.690. The van der Waals surface area contributed by atoms with Gasteiger partial charge < -0.3 is 10.1 Å². The van der Waals surface area contributed by atoms with Crippen LogP contribution >= 0.6 is 27.5 Å². The summed E-state index contributed by atoms with van der Waals surface area (Å²) in [6, 6.07) is 24.3. The van der Waals surface area contributed by atoms with Crippen LogP contribution in [-0.2, 0) is 17.9 Å². The fraction of sp³-hybridized carbons (Fsp3) is 0.0833. The molecule has 0 atom stereocenters. The van der Waals surface area contributed by atoms with E-state index in [9.17, 15) is 10.1 Å². The number of nitriles is 1. The Bertz CT molecular complexity index is 1110. The Morgan fingerprint density at radius 2 is 1.83 bits per heavy atom. The van der Waals surface area contributed by atoms with Crippen LogP contribution in [-0.4, -0.2) is 5.91 Å². The minimum atomic E-state index is -0.420. The van der Waals surface area contributed by atoms with Crippen LogP contribution in [0.15, 0.2) is 82.8 Å². The van der Waals surface area contributed by atoms with Crippen LogP contribution in [0, 0.1) is 11.3 Å². The number of hydrogen-bond donors (Lipinski definition) is 1. The van der Waals surface area contributed by atoms with Crippen molar-refractivity contribution in [2.75, 3.05) is 0 Å². The summed E-state index contributed by atoms with van der Waals surface area (Å²) < 4.78 is 6.54. The predicted molar refractivity (Wildman–Crippen MR) is 122 cm³/mol. The first kappa shape index (κ1) is 21.6. The van der Waals surface area contributed by atoms with Crippen molar-refractivity contribution in [2.45, 2.75) is 13.2 Å². The number of carbonyl (C=O) groups is 1. The first-order valence-corrected chi connectivity index (χ1v) is 10.3. The Morgan fingerprint density at radius 1 is 1.10 bits per heavy atom. The Kier molecular flexibility index (Phi) is 7.67. The molecule has 3 aromatic carbocycles. The Hall–Kier alpha value is -3.07. The molecule has 150 valence electrons. The zero-order chi connectivity index (χ0) is 21.3. The lowest BCUT2D eigenvalue weighted by Crippen LogP contribution is -2.23. The Morgan fingerprint density at radius 3 is 2.53 bits per heavy atom. The predicted octanol–water partition coefficient (Wildman–Crippen LogP) is 5.90. The molecule has 0 aliphatic heterocycles. The number of carbonyl (C=O) groups excluding carboxylic acids is 1. The largest absolute Gasteiger partial charge is 0.488 e. The molecule has 0 fully saturated rings. The van der Waals surface area contributed by atoms with E-state index in [0.29, 0.717) is 34.0 Å². The lowest BCUT2D eigenvalue weighted by molar-refractivity contribution is -0.117. The molecular formula is C24H18BrClN2O2. The highest BCUT2D eigenvalue weighted by molar-refractivity contribution is 9.10. The highest BCUT2D eigenvalue weighted by Crippen LogP contribution is 2.28. The van der Waals surface area contributed by atoms with Gasteiger partial charge in [0.15, 0.2) is 0 Å². The van der Waals surface area contributed by atoms with Gasteiger partial charge in [0.2, 0.25) is 0 Å². The van der Waals surface area contributed by atoms with Gasteiger partial charge >= 0.3 is 0 Å². The molecule has 1 amide bonds. The summed E-state index contributed by atoms with van der Waals surface area (Å²) in [5, 5.41) is 12.8. The molecule has 0 saturated carbocycles. The van der Waals surface area contributed by atoms with Gasteiger partial charge in [-0.25, -0.2) is 0 Å². The van der Waals surface area contributed by atoms with E-state index in [4.69, 9.17) is 16.3 Å². The zero-order valence-electron chi connectivity index (χ0n) is 15.9. The number of rotatable bonds is 7. The van der Waals surface area contributed by atoms with Gasteiger partial charge in [0.05, 0.1) is 4.47 Å². The molecule has 1 N–H and O–H groups in total. The summed E-state index contributed by atoms with van der Waals surface area (Å²) >= 11 is 9.63. The van der Waals surface area contributed by atoms with Crippen molar-refractivity contribution in [1.82, 2.24) is 5.32 Å². The lowest BCUT2D eigenvalue weighted by Gasteiger charge is -2.10. The molecule has 30 heavy (non-hydrogen) atoms. The van der Waals surface area contributed by atoms with Crippen molar-refractivity contribution in [3.63, 3.8) is 0 Å². The quantitative estimate of drug-likeness (QED) is 0.337. The van der Waals surface area contributed by atoms with Gasteiger partial charge in [-0.2, -0.15) is 5.26 Å². The third-order valence-electron chi connectivity index (χ3n) is 4.27. The fourth-order valence-corrected chi connectivity index (χ4v) is 3.38. The summed E-state index contributed by atoms with van der Waals surface area (Å²) in [6.07, 6.45) is 1.54. The second-order valence-corrected chi connectivity index (χ2v) is 7.67. The standard InChI is InChI=1S/C24H18BrClN2O2/c25-21-13-18(10-11-23(21)30-16-19-8-4-5-9-22(19)26)12-20(14-27)24(29)28-15-17-6-2-1-3-7-17/h1-13H,15-16H2,(H,28,29)/b20-12-. The van der Waals surface area contributed by atoms with E-state index < -0.39 is 5.91 Å². The van der Waals surface area contributed by atoms with Crippen molar-refractivity contribution in [3.05, 3.63) is 105 Å². The highest BCUT2D eigenvalue weighted by Gasteiger charge is 2.10. The maximum atomic E-state index is 12.3. The maximum absolute atomic E-state index is 12.3. The van der Waals surface area contributed by atoms with Gasteiger partial charge in [0.25, 0.3) is 5.91 Å². The zero-order valence-corrected chi connectivity index (χ0v) is 18.3. The molecule has 0 aliphatic carbocycles. The van der Waals surface area contributed by atoms with Crippen molar-refractivity contribution >= 4 is 39.5 Å². The lowest BCUT2D eigenvalue weighted by atomic mass is 10.1. The van der Waals surface area contributed by atoms with Gasteiger partial charge in [0.1, 0.15) is 24.0 Å². The molecule has 0 aliphatic rings. The third-order valence-corrected chi connectivity index (χ3v) is 5.26. The molecule has 3 aromatic rings. The van der Waals surface area contributed by atoms with E-state index in [1.807, 2.05) is 60.7 Å². The second kappa shape index (κ2) is 10.6. The summed E-state index contributed by atoms with van der Waals surface area (Å²) in [4.78, 5) is 12.3. The number of hydrogen-bond acceptors (Lipinski definition) is 3. The van der Waals surface area contributed by atoms with E-state index >= 15 is 0 Å². The molecule has 0 bridgehead atoms. The normalized spacial score (nSPS) is 10.9. The van der Waals surface area contributed by atoms with Gasteiger partial charge in [-0.15, -0.1) is 0 Å². The Balaban J connectivity index is 1.66. The van der Waals surface area contributed by atoms with E-state index in [-0.39, 0.29) is 5.57 Å². The Labute approximate surface area is 188 Å². The molecule has 0 unspecified atom stereocenters. The molecule has 0 saturated heterocycles. The molecule has 0 spiro atoms. The van der Waals surface area contributed by atoms with Crippen molar-refractivity contribution in [2.24, 2.45) is 0 Å². The minimum Gasteiger partial charge on any atom is -0.488 e. The molecule has 0 aromatic heterocycles. The number of ether oxygens (including phenoxy) is 1. The average molecular weight is 482 g/mol. The second-order valence-electron chi connectivity index (χ2n) is 6.41. The minimum absolute atomic E-state index is 0.0302. The number of nitrogens with zero attached hydrogens (tertiary/aromatic N) is 1. The fourth-order valence-electron chi connectivity index (χ4n) is 2.68. The van der Waals surface area contributed by atoms with Gasteiger partial charge in [-0.1, -0.05) is 66.2 Å². The number of halogens is 2. The highest BCUT2D eigenvalue weighted by atomic mass is 79.9. The average Bonchev–Trinajstić information content (AvgIpc) is 2.77. The first-order valence-electron chi connectivity index (χ1n) is 9.16. The third kappa shape index (κ3) is 5.96. The van der Waals surface area contributed by atoms with Crippen molar-refractivity contribution in [3.8, 4) is 11.8 Å². The van der Waals surface area contributed by atoms with E-state index in [1.54, 1.807) is 24.3 Å². The van der Waals surface area contributed by atoms with Gasteiger partial charge in [-0.3, -0.25) is 4.79 Å².